The molecule has 0 saturated carbocycles. The van der Waals surface area contributed by atoms with Gasteiger partial charge in [0.2, 0.25) is 0 Å². The second-order valence-electron chi connectivity index (χ2n) is 8.23. The lowest BCUT2D eigenvalue weighted by Gasteiger charge is -2.23. The third-order valence-corrected chi connectivity index (χ3v) is 5.82. The Hall–Kier alpha value is -0.850. The Bertz CT molecular complexity index is 463. The molecule has 0 aromatic carbocycles. The van der Waals surface area contributed by atoms with Gasteiger partial charge in [-0.2, -0.15) is 0 Å². The molecule has 1 heterocycles. The Morgan fingerprint density at radius 1 is 0.840 bits per heavy atom. The molecule has 2 unspecified atom stereocenters. The average Bonchev–Trinajstić information content (AvgIpc) is 2.62. The van der Waals surface area contributed by atoms with Gasteiger partial charge in [0.15, 0.2) is 0 Å². The third-order valence-electron chi connectivity index (χ3n) is 5.82. The minimum absolute atomic E-state index is 0.523. The van der Waals surface area contributed by atoms with Gasteiger partial charge in [-0.05, 0) is 47.8 Å². The molecule has 0 amide bonds. The Morgan fingerprint density at radius 2 is 1.40 bits per heavy atom. The van der Waals surface area contributed by atoms with Crippen LogP contribution in [0, 0.1) is 11.8 Å². The summed E-state index contributed by atoms with van der Waals surface area (Å²) in [5, 5.41) is 0. The summed E-state index contributed by atoms with van der Waals surface area (Å²) in [6, 6.07) is 2.32. The van der Waals surface area contributed by atoms with E-state index in [9.17, 15) is 0 Å². The van der Waals surface area contributed by atoms with E-state index < -0.39 is 0 Å². The van der Waals surface area contributed by atoms with E-state index in [1.165, 1.54) is 69.9 Å². The van der Waals surface area contributed by atoms with E-state index in [0.717, 1.165) is 11.8 Å². The number of nitrogens with zero attached hydrogens (tertiary/aromatic N) is 1. The molecule has 1 nitrogen and oxygen atoms in total. The van der Waals surface area contributed by atoms with Crippen molar-refractivity contribution in [2.45, 2.75) is 112 Å². The molecule has 2 atom stereocenters. The van der Waals surface area contributed by atoms with Crippen molar-refractivity contribution in [3.05, 3.63) is 29.1 Å². The average molecular weight is 346 g/mol. The predicted molar refractivity (Wildman–Crippen MR) is 112 cm³/mol. The van der Waals surface area contributed by atoms with E-state index in [0.29, 0.717) is 5.92 Å². The Labute approximate surface area is 158 Å². The molecule has 0 spiro atoms. The van der Waals surface area contributed by atoms with E-state index >= 15 is 0 Å². The number of hydrogen-bond donors (Lipinski definition) is 0. The molecule has 0 aliphatic carbocycles. The van der Waals surface area contributed by atoms with Crippen molar-refractivity contribution in [3.8, 4) is 0 Å². The summed E-state index contributed by atoms with van der Waals surface area (Å²) in [5.41, 5.74) is 4.55. The molecule has 0 radical (unpaired) electrons. The number of rotatable bonds is 13. The smallest absolute Gasteiger partial charge is 0.0463 e. The van der Waals surface area contributed by atoms with Crippen molar-refractivity contribution in [3.63, 3.8) is 0 Å². The lowest BCUT2D eigenvalue weighted by atomic mass is 9.83. The number of pyridine rings is 1. The summed E-state index contributed by atoms with van der Waals surface area (Å²) >= 11 is 0. The largest absolute Gasteiger partial charge is 0.261 e. The maximum atomic E-state index is 4.80. The normalized spacial score (nSPS) is 14.0. The van der Waals surface area contributed by atoms with E-state index in [2.05, 4.69) is 53.8 Å². The second kappa shape index (κ2) is 12.5. The first-order valence-corrected chi connectivity index (χ1v) is 11.0. The molecule has 1 rings (SSSR count). The van der Waals surface area contributed by atoms with Gasteiger partial charge in [0.25, 0.3) is 0 Å². The molecule has 144 valence electrons. The van der Waals surface area contributed by atoms with Crippen LogP contribution in [0.1, 0.15) is 116 Å². The van der Waals surface area contributed by atoms with Crippen molar-refractivity contribution in [2.24, 2.45) is 11.8 Å². The molecule has 1 aromatic heterocycles. The van der Waals surface area contributed by atoms with Crippen molar-refractivity contribution < 1.29 is 0 Å². The van der Waals surface area contributed by atoms with Crippen molar-refractivity contribution >= 4 is 0 Å². The molecule has 0 aliphatic heterocycles. The van der Waals surface area contributed by atoms with E-state index in [1.54, 1.807) is 11.1 Å². The Balaban J connectivity index is 3.04. The summed E-state index contributed by atoms with van der Waals surface area (Å²) in [6.07, 6.45) is 15.2. The molecule has 0 bridgehead atoms. The van der Waals surface area contributed by atoms with Gasteiger partial charge in [-0.1, -0.05) is 92.9 Å². The van der Waals surface area contributed by atoms with Gasteiger partial charge < -0.3 is 0 Å². The lowest BCUT2D eigenvalue weighted by molar-refractivity contribution is 0.431. The molecule has 0 aliphatic rings. The van der Waals surface area contributed by atoms with Crippen LogP contribution in [0.5, 0.6) is 0 Å². The van der Waals surface area contributed by atoms with Crippen LogP contribution in [-0.4, -0.2) is 4.98 Å². The van der Waals surface area contributed by atoms with Gasteiger partial charge in [0.1, 0.15) is 0 Å². The molecule has 0 saturated heterocycles. The first kappa shape index (κ1) is 22.2. The predicted octanol–water partition coefficient (Wildman–Crippen LogP) is 7.72. The highest BCUT2D eigenvalue weighted by molar-refractivity contribution is 5.33. The van der Waals surface area contributed by atoms with Gasteiger partial charge in [0, 0.05) is 11.9 Å². The quantitative estimate of drug-likeness (QED) is 0.356. The van der Waals surface area contributed by atoms with Crippen LogP contribution in [0.25, 0.3) is 0 Å². The number of hydrogen-bond acceptors (Lipinski definition) is 1. The van der Waals surface area contributed by atoms with Gasteiger partial charge in [0.05, 0.1) is 0 Å². The van der Waals surface area contributed by atoms with Crippen molar-refractivity contribution in [1.82, 2.24) is 4.98 Å². The number of aromatic nitrogens is 1. The summed E-state index contributed by atoms with van der Waals surface area (Å²) < 4.78 is 0. The molecule has 0 fully saturated rings. The van der Waals surface area contributed by atoms with Crippen LogP contribution in [0.2, 0.25) is 0 Å². The highest BCUT2D eigenvalue weighted by Crippen LogP contribution is 2.29. The highest BCUT2D eigenvalue weighted by atomic mass is 14.7. The van der Waals surface area contributed by atoms with E-state index in [1.807, 2.05) is 0 Å². The summed E-state index contributed by atoms with van der Waals surface area (Å²) in [5.74, 6) is 2.17. The van der Waals surface area contributed by atoms with Gasteiger partial charge in [-0.25, -0.2) is 0 Å². The summed E-state index contributed by atoms with van der Waals surface area (Å²) in [6.45, 7) is 13.9. The third kappa shape index (κ3) is 7.50. The zero-order chi connectivity index (χ0) is 18.7. The fourth-order valence-electron chi connectivity index (χ4n) is 3.96. The standard InChI is InChI=1S/C24H43N/c1-7-11-13-20(9-3)17-22-15-16-25-24(19(5)6)23(22)18-21(10-4)14-12-8-2/h15-16,19-21H,7-14,17-18H2,1-6H3. The van der Waals surface area contributed by atoms with Gasteiger partial charge in [-0.15, -0.1) is 0 Å². The van der Waals surface area contributed by atoms with E-state index in [-0.39, 0.29) is 0 Å². The minimum Gasteiger partial charge on any atom is -0.261 e. The van der Waals surface area contributed by atoms with Crippen LogP contribution in [0.15, 0.2) is 12.3 Å². The van der Waals surface area contributed by atoms with Crippen molar-refractivity contribution in [1.29, 1.82) is 0 Å². The minimum atomic E-state index is 0.523. The summed E-state index contributed by atoms with van der Waals surface area (Å²) in [4.78, 5) is 4.80. The van der Waals surface area contributed by atoms with Crippen LogP contribution < -0.4 is 0 Å². The van der Waals surface area contributed by atoms with Gasteiger partial charge in [-0.3, -0.25) is 4.98 Å². The summed E-state index contributed by atoms with van der Waals surface area (Å²) in [7, 11) is 0. The highest BCUT2D eigenvalue weighted by Gasteiger charge is 2.19. The second-order valence-corrected chi connectivity index (χ2v) is 8.23. The lowest BCUT2D eigenvalue weighted by Crippen LogP contribution is -2.13. The van der Waals surface area contributed by atoms with Crippen LogP contribution in [-0.2, 0) is 12.8 Å². The molecular weight excluding hydrogens is 302 g/mol. The number of unbranched alkanes of at least 4 members (excludes halogenated alkanes) is 2. The SMILES string of the molecule is CCCCC(CC)Cc1ccnc(C(C)C)c1CC(CC)CCCC. The zero-order valence-corrected chi connectivity index (χ0v) is 17.9. The van der Waals surface area contributed by atoms with Crippen LogP contribution in [0.3, 0.4) is 0 Å². The molecule has 1 heteroatoms. The van der Waals surface area contributed by atoms with Gasteiger partial charge >= 0.3 is 0 Å². The Morgan fingerprint density at radius 3 is 1.88 bits per heavy atom. The maximum Gasteiger partial charge on any atom is 0.0463 e. The molecular formula is C24H43N. The van der Waals surface area contributed by atoms with Crippen LogP contribution in [0.4, 0.5) is 0 Å². The molecule has 0 N–H and O–H groups in total. The van der Waals surface area contributed by atoms with Crippen LogP contribution >= 0.6 is 0 Å². The topological polar surface area (TPSA) is 12.9 Å². The first-order valence-electron chi connectivity index (χ1n) is 11.0. The fraction of sp³-hybridized carbons (Fsp3) is 0.792. The fourth-order valence-corrected chi connectivity index (χ4v) is 3.96. The molecule has 1 aromatic rings. The van der Waals surface area contributed by atoms with E-state index in [4.69, 9.17) is 4.98 Å². The van der Waals surface area contributed by atoms with Crippen molar-refractivity contribution in [2.75, 3.05) is 0 Å². The molecule has 25 heavy (non-hydrogen) atoms. The monoisotopic (exact) mass is 345 g/mol. The zero-order valence-electron chi connectivity index (χ0n) is 17.9. The maximum absolute atomic E-state index is 4.80. The Kier molecular flexibility index (Phi) is 11.1. The first-order chi connectivity index (χ1) is 12.1.